The molecule has 0 aromatic carbocycles. The third-order valence-corrected chi connectivity index (χ3v) is 1.19. The van der Waals surface area contributed by atoms with E-state index in [1.54, 1.807) is 0 Å². The van der Waals surface area contributed by atoms with Crippen LogP contribution in [0.1, 0.15) is 20.8 Å². The lowest BCUT2D eigenvalue weighted by Crippen LogP contribution is -2.37. The molecule has 0 aliphatic heterocycles. The SMILES string of the molecule is CC(C)(C)C(=O)NCCON. The first kappa shape index (κ1) is 10.4. The van der Waals surface area contributed by atoms with Gasteiger partial charge in [0.2, 0.25) is 5.91 Å². The molecule has 4 nitrogen and oxygen atoms in total. The van der Waals surface area contributed by atoms with Crippen molar-refractivity contribution in [1.29, 1.82) is 0 Å². The van der Waals surface area contributed by atoms with E-state index in [4.69, 9.17) is 5.90 Å². The van der Waals surface area contributed by atoms with Crippen molar-refractivity contribution in [1.82, 2.24) is 5.32 Å². The van der Waals surface area contributed by atoms with Crippen LogP contribution in [0.5, 0.6) is 0 Å². The molecule has 0 spiro atoms. The quantitative estimate of drug-likeness (QED) is 0.452. The van der Waals surface area contributed by atoms with Crippen LogP contribution in [0.4, 0.5) is 0 Å². The zero-order valence-electron chi connectivity index (χ0n) is 7.31. The van der Waals surface area contributed by atoms with Gasteiger partial charge in [0.15, 0.2) is 0 Å². The minimum atomic E-state index is -0.339. The Morgan fingerprint density at radius 2 is 2.09 bits per heavy atom. The van der Waals surface area contributed by atoms with E-state index in [-0.39, 0.29) is 11.3 Å². The van der Waals surface area contributed by atoms with Crippen molar-refractivity contribution in [3.8, 4) is 0 Å². The first-order chi connectivity index (χ1) is 4.98. The van der Waals surface area contributed by atoms with E-state index in [0.29, 0.717) is 13.2 Å². The molecule has 0 unspecified atom stereocenters. The maximum atomic E-state index is 11.1. The molecule has 0 bridgehead atoms. The zero-order chi connectivity index (χ0) is 8.91. The van der Waals surface area contributed by atoms with Crippen LogP contribution < -0.4 is 11.2 Å². The average molecular weight is 160 g/mol. The number of amides is 1. The summed E-state index contributed by atoms with van der Waals surface area (Å²) in [7, 11) is 0. The lowest BCUT2D eigenvalue weighted by atomic mass is 9.96. The highest BCUT2D eigenvalue weighted by molar-refractivity contribution is 5.81. The van der Waals surface area contributed by atoms with E-state index in [2.05, 4.69) is 10.2 Å². The Hall–Kier alpha value is -0.610. The van der Waals surface area contributed by atoms with E-state index in [1.807, 2.05) is 20.8 Å². The third-order valence-electron chi connectivity index (χ3n) is 1.19. The predicted molar refractivity (Wildman–Crippen MR) is 42.6 cm³/mol. The summed E-state index contributed by atoms with van der Waals surface area (Å²) in [6, 6.07) is 0. The van der Waals surface area contributed by atoms with Gasteiger partial charge in [-0.2, -0.15) is 0 Å². The maximum Gasteiger partial charge on any atom is 0.225 e. The Labute approximate surface area is 67.0 Å². The van der Waals surface area contributed by atoms with Crippen LogP contribution in [0.3, 0.4) is 0 Å². The van der Waals surface area contributed by atoms with Crippen molar-refractivity contribution < 1.29 is 9.63 Å². The molecular weight excluding hydrogens is 144 g/mol. The zero-order valence-corrected chi connectivity index (χ0v) is 7.31. The number of hydrogen-bond donors (Lipinski definition) is 2. The Morgan fingerprint density at radius 1 is 1.55 bits per heavy atom. The van der Waals surface area contributed by atoms with E-state index in [0.717, 1.165) is 0 Å². The molecule has 66 valence electrons. The van der Waals surface area contributed by atoms with Crippen molar-refractivity contribution in [2.45, 2.75) is 20.8 Å². The molecule has 11 heavy (non-hydrogen) atoms. The first-order valence-corrected chi connectivity index (χ1v) is 3.58. The maximum absolute atomic E-state index is 11.1. The molecule has 0 rings (SSSR count). The number of carbonyl (C=O) groups is 1. The number of hydrogen-bond acceptors (Lipinski definition) is 3. The van der Waals surface area contributed by atoms with Crippen LogP contribution in [0, 0.1) is 5.41 Å². The van der Waals surface area contributed by atoms with Crippen LogP contribution in [-0.4, -0.2) is 19.1 Å². The summed E-state index contributed by atoms with van der Waals surface area (Å²) in [6.07, 6.45) is 0. The van der Waals surface area contributed by atoms with Gasteiger partial charge in [-0.3, -0.25) is 4.79 Å². The molecule has 1 amide bonds. The smallest absolute Gasteiger partial charge is 0.225 e. The van der Waals surface area contributed by atoms with Crippen molar-refractivity contribution >= 4 is 5.91 Å². The first-order valence-electron chi connectivity index (χ1n) is 3.58. The van der Waals surface area contributed by atoms with E-state index in [9.17, 15) is 4.79 Å². The summed E-state index contributed by atoms with van der Waals surface area (Å²) < 4.78 is 0. The summed E-state index contributed by atoms with van der Waals surface area (Å²) >= 11 is 0. The van der Waals surface area contributed by atoms with Crippen LogP contribution in [0.25, 0.3) is 0 Å². The minimum absolute atomic E-state index is 0.00884. The monoisotopic (exact) mass is 160 g/mol. The molecule has 0 radical (unpaired) electrons. The van der Waals surface area contributed by atoms with Crippen molar-refractivity contribution in [2.75, 3.05) is 13.2 Å². The van der Waals surface area contributed by atoms with Crippen LogP contribution in [0.2, 0.25) is 0 Å². The second-order valence-electron chi connectivity index (χ2n) is 3.38. The van der Waals surface area contributed by atoms with Gasteiger partial charge in [-0.05, 0) is 0 Å². The lowest BCUT2D eigenvalue weighted by molar-refractivity contribution is -0.128. The van der Waals surface area contributed by atoms with Crippen molar-refractivity contribution in [3.05, 3.63) is 0 Å². The molecule has 4 heteroatoms. The molecule has 0 saturated carbocycles. The predicted octanol–water partition coefficient (Wildman–Crippen LogP) is 0.0390. The fourth-order valence-corrected chi connectivity index (χ4v) is 0.489. The highest BCUT2D eigenvalue weighted by Gasteiger charge is 2.19. The number of nitrogens with two attached hydrogens (primary N) is 1. The van der Waals surface area contributed by atoms with Gasteiger partial charge in [-0.15, -0.1) is 0 Å². The number of rotatable bonds is 3. The van der Waals surface area contributed by atoms with Crippen LogP contribution in [0.15, 0.2) is 0 Å². The van der Waals surface area contributed by atoms with Gasteiger partial charge < -0.3 is 10.2 Å². The molecule has 0 aliphatic rings. The van der Waals surface area contributed by atoms with Gasteiger partial charge in [-0.1, -0.05) is 20.8 Å². The Morgan fingerprint density at radius 3 is 2.45 bits per heavy atom. The number of carbonyl (C=O) groups excluding carboxylic acids is 1. The summed E-state index contributed by atoms with van der Waals surface area (Å²) in [6.45, 7) is 6.37. The van der Waals surface area contributed by atoms with Crippen molar-refractivity contribution in [3.63, 3.8) is 0 Å². The second-order valence-corrected chi connectivity index (χ2v) is 3.38. The molecule has 0 aromatic heterocycles. The summed E-state index contributed by atoms with van der Waals surface area (Å²) in [5.74, 6) is 4.78. The molecule has 0 aliphatic carbocycles. The van der Waals surface area contributed by atoms with Gasteiger partial charge in [0.25, 0.3) is 0 Å². The summed E-state index contributed by atoms with van der Waals surface area (Å²) in [5, 5.41) is 2.68. The Bertz CT molecular complexity index is 129. The minimum Gasteiger partial charge on any atom is -0.353 e. The number of nitrogens with one attached hydrogen (secondary N) is 1. The highest BCUT2D eigenvalue weighted by atomic mass is 16.6. The van der Waals surface area contributed by atoms with Crippen LogP contribution >= 0.6 is 0 Å². The van der Waals surface area contributed by atoms with Gasteiger partial charge >= 0.3 is 0 Å². The highest BCUT2D eigenvalue weighted by Crippen LogP contribution is 2.11. The molecule has 0 heterocycles. The molecule has 0 atom stereocenters. The standard InChI is InChI=1S/C7H16N2O2/c1-7(2,3)6(10)9-4-5-11-8/h4-5,8H2,1-3H3,(H,9,10). The third kappa shape index (κ3) is 4.75. The molecule has 0 saturated heterocycles. The fraction of sp³-hybridized carbons (Fsp3) is 0.857. The lowest BCUT2D eigenvalue weighted by Gasteiger charge is -2.16. The molecule has 0 aromatic rings. The van der Waals surface area contributed by atoms with E-state index in [1.165, 1.54) is 0 Å². The van der Waals surface area contributed by atoms with E-state index < -0.39 is 0 Å². The van der Waals surface area contributed by atoms with Gasteiger partial charge in [0, 0.05) is 12.0 Å². The van der Waals surface area contributed by atoms with Crippen molar-refractivity contribution in [2.24, 2.45) is 11.3 Å². The molecule has 3 N–H and O–H groups in total. The van der Waals surface area contributed by atoms with E-state index >= 15 is 0 Å². The fourth-order valence-electron chi connectivity index (χ4n) is 0.489. The van der Waals surface area contributed by atoms with Crippen LogP contribution in [-0.2, 0) is 9.63 Å². The second kappa shape index (κ2) is 4.31. The Balaban J connectivity index is 3.54. The normalized spacial score (nSPS) is 11.3. The van der Waals surface area contributed by atoms with Gasteiger partial charge in [0.1, 0.15) is 0 Å². The van der Waals surface area contributed by atoms with Gasteiger partial charge in [0.05, 0.1) is 6.61 Å². The average Bonchev–Trinajstić information content (AvgIpc) is 1.86. The largest absolute Gasteiger partial charge is 0.353 e. The van der Waals surface area contributed by atoms with Gasteiger partial charge in [-0.25, -0.2) is 5.90 Å². The summed E-state index contributed by atoms with van der Waals surface area (Å²) in [5.41, 5.74) is -0.339. The Kier molecular flexibility index (Phi) is 4.07. The summed E-state index contributed by atoms with van der Waals surface area (Å²) in [4.78, 5) is 15.4. The molecule has 0 fully saturated rings. The topological polar surface area (TPSA) is 64.3 Å². The molecular formula is C7H16N2O2.